The van der Waals surface area contributed by atoms with E-state index in [2.05, 4.69) is 32.7 Å². The topological polar surface area (TPSA) is 85.5 Å². The first-order chi connectivity index (χ1) is 12.1. The number of hydrazine groups is 1. The Labute approximate surface area is 148 Å². The van der Waals surface area contributed by atoms with E-state index in [0.29, 0.717) is 12.2 Å². The molecule has 132 valence electrons. The summed E-state index contributed by atoms with van der Waals surface area (Å²) in [5, 5.41) is 1.62. The molecule has 1 aliphatic rings. The molecule has 0 aromatic carbocycles. The van der Waals surface area contributed by atoms with Crippen LogP contribution in [0, 0.1) is 6.92 Å². The quantitative estimate of drug-likeness (QED) is 0.562. The zero-order valence-electron chi connectivity index (χ0n) is 15.1. The molecular weight excluding hydrogens is 312 g/mol. The third kappa shape index (κ3) is 3.74. The van der Waals surface area contributed by atoms with Crippen LogP contribution in [0.2, 0.25) is 0 Å². The number of hydrogen-bond acceptors (Lipinski definition) is 5. The summed E-state index contributed by atoms with van der Waals surface area (Å²) in [4.78, 5) is 8.80. The highest BCUT2D eigenvalue weighted by atomic mass is 15.4. The van der Waals surface area contributed by atoms with Crippen LogP contribution in [0.15, 0.2) is 36.8 Å². The fraction of sp³-hybridized carbons (Fsp3) is 0.368. The number of fused-ring (bicyclic) bond motifs is 1. The molecule has 0 spiro atoms. The lowest BCUT2D eigenvalue weighted by atomic mass is 10.2. The van der Waals surface area contributed by atoms with Gasteiger partial charge in [0.2, 0.25) is 0 Å². The number of nitrogen functional groups attached to an aromatic ring is 1. The Hall–Kier alpha value is -2.60. The van der Waals surface area contributed by atoms with Crippen molar-refractivity contribution in [2.75, 3.05) is 10.7 Å². The maximum absolute atomic E-state index is 6.18. The van der Waals surface area contributed by atoms with Gasteiger partial charge in [0, 0.05) is 18.1 Å². The van der Waals surface area contributed by atoms with Crippen molar-refractivity contribution < 1.29 is 0 Å². The Morgan fingerprint density at radius 3 is 2.72 bits per heavy atom. The van der Waals surface area contributed by atoms with Crippen molar-refractivity contribution >= 4 is 17.0 Å². The van der Waals surface area contributed by atoms with Gasteiger partial charge in [-0.1, -0.05) is 19.9 Å². The van der Waals surface area contributed by atoms with Crippen LogP contribution in [0.1, 0.15) is 49.6 Å². The first kappa shape index (κ1) is 17.2. The molecule has 3 aromatic heterocycles. The number of pyridine rings is 2. The normalized spacial score (nSPS) is 13.4. The molecule has 0 atom stereocenters. The number of rotatable bonds is 4. The van der Waals surface area contributed by atoms with Crippen molar-refractivity contribution in [3.05, 3.63) is 53.7 Å². The first-order valence-electron chi connectivity index (χ1n) is 8.82. The zero-order valence-corrected chi connectivity index (χ0v) is 15.1. The predicted molar refractivity (Wildman–Crippen MR) is 102 cm³/mol. The fourth-order valence-corrected chi connectivity index (χ4v) is 2.86. The van der Waals surface area contributed by atoms with Gasteiger partial charge in [0.05, 0.1) is 29.8 Å². The van der Waals surface area contributed by atoms with Crippen molar-refractivity contribution in [3.8, 4) is 0 Å². The molecule has 0 radical (unpaired) electrons. The molecule has 4 rings (SSSR count). The van der Waals surface area contributed by atoms with E-state index in [4.69, 9.17) is 11.6 Å². The van der Waals surface area contributed by atoms with Gasteiger partial charge >= 0.3 is 0 Å². The smallest absolute Gasteiger partial charge is 0.137 e. The van der Waals surface area contributed by atoms with Crippen molar-refractivity contribution in [2.24, 2.45) is 5.84 Å². The van der Waals surface area contributed by atoms with E-state index in [-0.39, 0.29) is 0 Å². The van der Waals surface area contributed by atoms with Crippen LogP contribution < -0.4 is 16.6 Å². The molecule has 6 nitrogen and oxygen atoms in total. The summed E-state index contributed by atoms with van der Waals surface area (Å²) in [6.45, 7) is 6.41. The van der Waals surface area contributed by atoms with Crippen molar-refractivity contribution in [3.63, 3.8) is 0 Å². The van der Waals surface area contributed by atoms with Gasteiger partial charge in [-0.15, -0.1) is 0 Å². The van der Waals surface area contributed by atoms with Gasteiger partial charge in [-0.2, -0.15) is 0 Å². The molecule has 0 aliphatic heterocycles. The van der Waals surface area contributed by atoms with Crippen molar-refractivity contribution in [1.29, 1.82) is 0 Å². The third-order valence-electron chi connectivity index (χ3n) is 4.26. The fourth-order valence-electron chi connectivity index (χ4n) is 2.86. The Morgan fingerprint density at radius 2 is 2.00 bits per heavy atom. The molecule has 25 heavy (non-hydrogen) atoms. The van der Waals surface area contributed by atoms with Gasteiger partial charge in [-0.3, -0.25) is 4.98 Å². The minimum Gasteiger partial charge on any atom is -0.396 e. The molecule has 1 aliphatic carbocycles. The number of imidazole rings is 1. The number of nitrogens with zero attached hydrogens (tertiary/aromatic N) is 4. The second kappa shape index (κ2) is 7.11. The van der Waals surface area contributed by atoms with E-state index in [1.165, 1.54) is 18.4 Å². The van der Waals surface area contributed by atoms with E-state index in [1.54, 1.807) is 11.2 Å². The van der Waals surface area contributed by atoms with Crippen LogP contribution in [0.5, 0.6) is 0 Å². The molecule has 1 saturated carbocycles. The van der Waals surface area contributed by atoms with Crippen LogP contribution in [0.3, 0.4) is 0 Å². The lowest BCUT2D eigenvalue weighted by Gasteiger charge is -2.19. The van der Waals surface area contributed by atoms with E-state index in [0.717, 1.165) is 28.6 Å². The third-order valence-corrected chi connectivity index (χ3v) is 4.26. The second-order valence-electron chi connectivity index (χ2n) is 6.25. The van der Waals surface area contributed by atoms with Crippen LogP contribution in [-0.2, 0) is 6.54 Å². The van der Waals surface area contributed by atoms with E-state index in [1.807, 2.05) is 33.0 Å². The zero-order chi connectivity index (χ0) is 18.0. The molecule has 4 N–H and O–H groups in total. The average Bonchev–Trinajstić information content (AvgIpc) is 3.39. The van der Waals surface area contributed by atoms with Crippen LogP contribution in [0.4, 0.5) is 11.4 Å². The predicted octanol–water partition coefficient (Wildman–Crippen LogP) is 3.40. The van der Waals surface area contributed by atoms with Gasteiger partial charge in [-0.05, 0) is 43.4 Å². The second-order valence-corrected chi connectivity index (χ2v) is 6.25. The number of anilines is 2. The maximum Gasteiger partial charge on any atom is 0.137 e. The van der Waals surface area contributed by atoms with Crippen molar-refractivity contribution in [1.82, 2.24) is 14.4 Å². The van der Waals surface area contributed by atoms with Gasteiger partial charge in [-0.25, -0.2) is 10.8 Å². The monoisotopic (exact) mass is 338 g/mol. The highest BCUT2D eigenvalue weighted by Crippen LogP contribution is 2.39. The number of aryl methyl sites for hydroxylation is 1. The molecule has 3 aromatic rings. The summed E-state index contributed by atoms with van der Waals surface area (Å²) in [5.74, 6) is 6.92. The van der Waals surface area contributed by atoms with E-state index >= 15 is 0 Å². The summed E-state index contributed by atoms with van der Waals surface area (Å²) in [6.07, 6.45) is 8.44. The van der Waals surface area contributed by atoms with E-state index < -0.39 is 0 Å². The minimum atomic E-state index is 0.494. The molecule has 6 heteroatoms. The number of nitrogens with two attached hydrogens (primary N) is 2. The number of aromatic nitrogens is 3. The Morgan fingerprint density at radius 1 is 1.24 bits per heavy atom. The highest BCUT2D eigenvalue weighted by molar-refractivity contribution is 5.66. The molecule has 3 heterocycles. The van der Waals surface area contributed by atoms with Crippen molar-refractivity contribution in [2.45, 2.75) is 46.1 Å². The molecule has 0 unspecified atom stereocenters. The minimum absolute atomic E-state index is 0.494. The van der Waals surface area contributed by atoms with E-state index in [9.17, 15) is 0 Å². The SMILES string of the molecule is CC.Cc1cc(N(N)Cc2cn3cc(C4CC4)ccc3n2)c(N)cn1. The van der Waals surface area contributed by atoms with Gasteiger partial charge in [0.25, 0.3) is 0 Å². The van der Waals surface area contributed by atoms with Crippen LogP contribution in [-0.4, -0.2) is 14.4 Å². The van der Waals surface area contributed by atoms with Crippen LogP contribution >= 0.6 is 0 Å². The van der Waals surface area contributed by atoms with Crippen LogP contribution in [0.25, 0.3) is 5.65 Å². The first-order valence-corrected chi connectivity index (χ1v) is 8.82. The van der Waals surface area contributed by atoms with Gasteiger partial charge in [0.1, 0.15) is 5.65 Å². The Balaban J connectivity index is 0.000000880. The lowest BCUT2D eigenvalue weighted by Crippen LogP contribution is -2.31. The summed E-state index contributed by atoms with van der Waals surface area (Å²) in [7, 11) is 0. The summed E-state index contributed by atoms with van der Waals surface area (Å²) in [5.41, 5.74) is 11.4. The van der Waals surface area contributed by atoms with Gasteiger partial charge in [0.15, 0.2) is 0 Å². The maximum atomic E-state index is 6.18. The standard InChI is InChI=1S/C17H20N6.C2H6/c1-11-6-16(15(18)7-20-11)23(19)10-14-9-22-8-13(12-2-3-12)4-5-17(22)21-14;1-2/h4-9,12H,2-3,10,18-19H2,1H3;1-2H3. The van der Waals surface area contributed by atoms with Gasteiger partial charge < -0.3 is 15.1 Å². The lowest BCUT2D eigenvalue weighted by molar-refractivity contribution is 0.832. The molecule has 1 fully saturated rings. The summed E-state index contributed by atoms with van der Waals surface area (Å²) < 4.78 is 2.08. The molecular formula is C19H26N6. The summed E-state index contributed by atoms with van der Waals surface area (Å²) >= 11 is 0. The molecule has 0 amide bonds. The number of hydrogen-bond donors (Lipinski definition) is 2. The molecule has 0 saturated heterocycles. The average molecular weight is 338 g/mol. The largest absolute Gasteiger partial charge is 0.396 e. The summed E-state index contributed by atoms with van der Waals surface area (Å²) in [6, 6.07) is 6.13. The highest BCUT2D eigenvalue weighted by Gasteiger charge is 2.23. The Kier molecular flexibility index (Phi) is 4.90. The molecule has 0 bridgehead atoms. The Bertz CT molecular complexity index is 865.